The van der Waals surface area contributed by atoms with Gasteiger partial charge >= 0.3 is 0 Å². The van der Waals surface area contributed by atoms with Crippen molar-refractivity contribution in [3.63, 3.8) is 0 Å². The number of thiocarbonyl (C=S) groups is 1. The number of allylic oxidation sites excluding steroid dienone is 2. The fourth-order valence-electron chi connectivity index (χ4n) is 5.28. The Morgan fingerprint density at radius 3 is 2.71 bits per heavy atom. The van der Waals surface area contributed by atoms with Gasteiger partial charge in [0, 0.05) is 37.6 Å². The van der Waals surface area contributed by atoms with Crippen molar-refractivity contribution in [2.24, 2.45) is 12.8 Å². The number of hydrogen-bond donors (Lipinski definition) is 1. The maximum Gasteiger partial charge on any atom is 0.250 e. The highest BCUT2D eigenvalue weighted by molar-refractivity contribution is 7.81. The quantitative estimate of drug-likeness (QED) is 0.319. The van der Waals surface area contributed by atoms with E-state index in [4.69, 9.17) is 27.4 Å². The molecule has 2 aromatic heterocycles. The van der Waals surface area contributed by atoms with Gasteiger partial charge in [-0.25, -0.2) is 4.98 Å². The van der Waals surface area contributed by atoms with E-state index in [2.05, 4.69) is 22.0 Å². The summed E-state index contributed by atoms with van der Waals surface area (Å²) in [5, 5.41) is 4.26. The molecule has 3 heterocycles. The Labute approximate surface area is 243 Å². The second-order valence-electron chi connectivity index (χ2n) is 10.6. The van der Waals surface area contributed by atoms with Gasteiger partial charge in [-0.05, 0) is 67.4 Å². The summed E-state index contributed by atoms with van der Waals surface area (Å²) in [4.78, 5) is 19.7. The van der Waals surface area contributed by atoms with E-state index >= 15 is 0 Å². The number of aryl methyl sites for hydroxylation is 1. The molecule has 2 N–H and O–H groups in total. The van der Waals surface area contributed by atoms with Crippen LogP contribution < -0.4 is 10.5 Å². The van der Waals surface area contributed by atoms with E-state index in [1.54, 1.807) is 17.1 Å². The van der Waals surface area contributed by atoms with Gasteiger partial charge in [-0.1, -0.05) is 30.4 Å². The SMILES string of the molecule is CN1CCC(Oc2cccc(COC3C=C(n4cnc5cc(-c6cnn(C)c6)ccc54)C=C(C(N)=O)C3=S)c2)CC1. The first-order chi connectivity index (χ1) is 19.8. The molecule has 0 bridgehead atoms. The van der Waals surface area contributed by atoms with Crippen molar-refractivity contribution in [2.75, 3.05) is 20.1 Å². The summed E-state index contributed by atoms with van der Waals surface area (Å²) < 4.78 is 16.2. The third-order valence-electron chi connectivity index (χ3n) is 7.56. The molecule has 1 fully saturated rings. The summed E-state index contributed by atoms with van der Waals surface area (Å²) in [6, 6.07) is 14.0. The van der Waals surface area contributed by atoms with Crippen molar-refractivity contribution in [3.8, 4) is 16.9 Å². The molecule has 2 aliphatic rings. The van der Waals surface area contributed by atoms with E-state index in [1.165, 1.54) is 0 Å². The molecule has 1 aliphatic heterocycles. The molecule has 1 unspecified atom stereocenters. The van der Waals surface area contributed by atoms with Gasteiger partial charge in [0.25, 0.3) is 0 Å². The summed E-state index contributed by atoms with van der Waals surface area (Å²) in [5.74, 6) is 0.238. The Balaban J connectivity index is 1.22. The highest BCUT2D eigenvalue weighted by Crippen LogP contribution is 2.29. The van der Waals surface area contributed by atoms with Gasteiger partial charge < -0.3 is 20.1 Å². The van der Waals surface area contributed by atoms with Crippen LogP contribution in [0, 0.1) is 0 Å². The monoisotopic (exact) mass is 568 g/mol. The molecular weight excluding hydrogens is 536 g/mol. The Morgan fingerprint density at radius 2 is 1.95 bits per heavy atom. The lowest BCUT2D eigenvalue weighted by molar-refractivity contribution is -0.114. The minimum Gasteiger partial charge on any atom is -0.490 e. The third-order valence-corrected chi connectivity index (χ3v) is 8.02. The Hall–Kier alpha value is -4.12. The maximum atomic E-state index is 12.4. The standard InChI is InChI=1S/C31H32N6O3S/c1-35-10-8-24(9-11-35)40-25-5-3-4-20(12-25)18-39-29-15-23(14-26(30(29)41)31(32)38)37-19-33-27-13-21(6-7-28(27)37)22-16-34-36(2)17-22/h3-7,12-17,19,24,29H,8-11,18H2,1-2H3,(H2,32,38). The first-order valence-electron chi connectivity index (χ1n) is 13.6. The van der Waals surface area contributed by atoms with Crippen LogP contribution in [-0.2, 0) is 23.2 Å². The number of ether oxygens (including phenoxy) is 2. The van der Waals surface area contributed by atoms with Gasteiger partial charge in [-0.3, -0.25) is 14.0 Å². The third kappa shape index (κ3) is 5.85. The molecule has 210 valence electrons. The van der Waals surface area contributed by atoms with Gasteiger partial charge in [0.2, 0.25) is 5.91 Å². The second-order valence-corrected chi connectivity index (χ2v) is 11.0. The minimum atomic E-state index is -0.613. The number of carbonyl (C=O) groups is 1. The summed E-state index contributed by atoms with van der Waals surface area (Å²) in [6.07, 6.45) is 10.8. The van der Waals surface area contributed by atoms with Gasteiger partial charge in [0.05, 0.1) is 34.3 Å². The van der Waals surface area contributed by atoms with E-state index in [1.807, 2.05) is 72.5 Å². The van der Waals surface area contributed by atoms with Crippen LogP contribution in [0.2, 0.25) is 0 Å². The molecule has 6 rings (SSSR count). The first-order valence-corrected chi connectivity index (χ1v) is 14.0. The number of benzene rings is 2. The molecule has 10 heteroatoms. The molecule has 1 aliphatic carbocycles. The van der Waals surface area contributed by atoms with Crippen molar-refractivity contribution in [2.45, 2.75) is 31.7 Å². The predicted molar refractivity (Wildman–Crippen MR) is 162 cm³/mol. The number of rotatable bonds is 8. The van der Waals surface area contributed by atoms with Gasteiger partial charge in [0.1, 0.15) is 24.3 Å². The van der Waals surface area contributed by atoms with Crippen molar-refractivity contribution in [1.82, 2.24) is 24.2 Å². The second kappa shape index (κ2) is 11.4. The van der Waals surface area contributed by atoms with Crippen LogP contribution in [0.1, 0.15) is 18.4 Å². The van der Waals surface area contributed by atoms with Gasteiger partial charge in [0.15, 0.2) is 0 Å². The fraction of sp³-hybridized carbons (Fsp3) is 0.290. The van der Waals surface area contributed by atoms with Crippen molar-refractivity contribution in [3.05, 3.63) is 84.5 Å². The highest BCUT2D eigenvalue weighted by Gasteiger charge is 2.27. The van der Waals surface area contributed by atoms with E-state index in [-0.39, 0.29) is 11.7 Å². The lowest BCUT2D eigenvalue weighted by Gasteiger charge is -2.29. The molecule has 0 radical (unpaired) electrons. The van der Waals surface area contributed by atoms with Crippen LogP contribution in [0.4, 0.5) is 0 Å². The Kier molecular flexibility index (Phi) is 7.53. The fourth-order valence-corrected chi connectivity index (χ4v) is 5.57. The smallest absolute Gasteiger partial charge is 0.250 e. The normalized spacial score (nSPS) is 18.4. The van der Waals surface area contributed by atoms with Crippen LogP contribution in [0.15, 0.2) is 78.9 Å². The number of fused-ring (bicyclic) bond motifs is 1. The summed E-state index contributed by atoms with van der Waals surface area (Å²) >= 11 is 5.63. The molecule has 4 aromatic rings. The largest absolute Gasteiger partial charge is 0.490 e. The number of primary amides is 1. The number of carbonyl (C=O) groups excluding carboxylic acids is 1. The van der Waals surface area contributed by atoms with E-state index < -0.39 is 12.0 Å². The zero-order chi connectivity index (χ0) is 28.5. The lowest BCUT2D eigenvalue weighted by atomic mass is 9.99. The van der Waals surface area contributed by atoms with Gasteiger partial charge in [-0.2, -0.15) is 5.10 Å². The number of nitrogens with zero attached hydrogens (tertiary/aromatic N) is 5. The number of hydrogen-bond acceptors (Lipinski definition) is 7. The number of piperidine rings is 1. The molecular formula is C31H32N6O3S. The molecule has 1 saturated heterocycles. The molecule has 1 amide bonds. The lowest BCUT2D eigenvalue weighted by Crippen LogP contribution is -2.35. The summed E-state index contributed by atoms with van der Waals surface area (Å²) in [5.41, 5.74) is 11.4. The van der Waals surface area contributed by atoms with Crippen LogP contribution in [0.25, 0.3) is 27.9 Å². The molecule has 9 nitrogen and oxygen atoms in total. The number of aromatic nitrogens is 4. The molecule has 0 spiro atoms. The van der Waals surface area contributed by atoms with Crippen LogP contribution >= 0.6 is 12.2 Å². The zero-order valence-electron chi connectivity index (χ0n) is 23.1. The maximum absolute atomic E-state index is 12.4. The number of amides is 1. The molecule has 2 aromatic carbocycles. The predicted octanol–water partition coefficient (Wildman–Crippen LogP) is 4.13. The topological polar surface area (TPSA) is 100 Å². The summed E-state index contributed by atoms with van der Waals surface area (Å²) in [6.45, 7) is 2.37. The molecule has 41 heavy (non-hydrogen) atoms. The molecule has 1 atom stereocenters. The van der Waals surface area contributed by atoms with E-state index in [0.29, 0.717) is 17.2 Å². The number of imidazole rings is 1. The van der Waals surface area contributed by atoms with Gasteiger partial charge in [-0.15, -0.1) is 0 Å². The van der Waals surface area contributed by atoms with E-state index in [9.17, 15) is 4.79 Å². The van der Waals surface area contributed by atoms with Crippen LogP contribution in [0.3, 0.4) is 0 Å². The minimum absolute atomic E-state index is 0.215. The average Bonchev–Trinajstić information content (AvgIpc) is 3.60. The first kappa shape index (κ1) is 27.1. The van der Waals surface area contributed by atoms with Crippen molar-refractivity contribution in [1.29, 1.82) is 0 Å². The zero-order valence-corrected chi connectivity index (χ0v) is 23.9. The van der Waals surface area contributed by atoms with Crippen LogP contribution in [-0.4, -0.2) is 67.3 Å². The van der Waals surface area contributed by atoms with Crippen molar-refractivity contribution < 1.29 is 14.3 Å². The Morgan fingerprint density at radius 1 is 1.12 bits per heavy atom. The van der Waals surface area contributed by atoms with Crippen molar-refractivity contribution >= 4 is 39.7 Å². The molecule has 0 saturated carbocycles. The van der Waals surface area contributed by atoms with E-state index in [0.717, 1.165) is 59.4 Å². The average molecular weight is 569 g/mol. The van der Waals surface area contributed by atoms with Crippen LogP contribution in [0.5, 0.6) is 5.75 Å². The number of likely N-dealkylation sites (tertiary alicyclic amines) is 1. The summed E-state index contributed by atoms with van der Waals surface area (Å²) in [7, 11) is 4.02. The number of nitrogens with two attached hydrogens (primary N) is 1. The highest BCUT2D eigenvalue weighted by atomic mass is 32.1. The Bertz CT molecular complexity index is 1680.